The number of hydrogen-bond acceptors (Lipinski definition) is 7. The van der Waals surface area contributed by atoms with Gasteiger partial charge in [0.05, 0.1) is 36.6 Å². The van der Waals surface area contributed by atoms with Crippen LogP contribution in [0.25, 0.3) is 0 Å². The molecule has 5 saturated carbocycles. The van der Waals surface area contributed by atoms with Gasteiger partial charge >= 0.3 is 0 Å². The van der Waals surface area contributed by atoms with E-state index < -0.39 is 29.3 Å². The molecule has 0 amide bonds. The molecule has 7 bridgehead atoms. The molecule has 170 valence electrons. The highest BCUT2D eigenvalue weighted by Crippen LogP contribution is 2.78. The first kappa shape index (κ1) is 20.3. The van der Waals surface area contributed by atoms with E-state index in [1.54, 1.807) is 14.2 Å². The van der Waals surface area contributed by atoms with Crippen LogP contribution < -0.4 is 0 Å². The normalized spacial score (nSPS) is 63.3. The molecule has 0 aromatic carbocycles. The van der Waals surface area contributed by atoms with Gasteiger partial charge in [-0.25, -0.2) is 0 Å². The van der Waals surface area contributed by atoms with Gasteiger partial charge in [-0.05, 0) is 31.7 Å². The number of aliphatic hydroxyl groups excluding tert-OH is 3. The lowest BCUT2D eigenvalue weighted by molar-refractivity contribution is -0.272. The molecule has 0 radical (unpaired) electrons. The van der Waals surface area contributed by atoms with E-state index in [4.69, 9.17) is 9.47 Å². The van der Waals surface area contributed by atoms with Gasteiger partial charge in [0, 0.05) is 67.7 Å². The van der Waals surface area contributed by atoms with Gasteiger partial charge in [-0.2, -0.15) is 0 Å². The molecular formula is C23H37NO6. The Morgan fingerprint density at radius 1 is 1.10 bits per heavy atom. The summed E-state index contributed by atoms with van der Waals surface area (Å²) in [6, 6.07) is -0.0735. The molecule has 6 aliphatic rings. The predicted octanol–water partition coefficient (Wildman–Crippen LogP) is -0.152. The Morgan fingerprint density at radius 3 is 2.53 bits per heavy atom. The minimum atomic E-state index is -1.18. The Hall–Kier alpha value is -0.280. The number of methoxy groups -OCH3 is 2. The van der Waals surface area contributed by atoms with Crippen LogP contribution in [0.2, 0.25) is 0 Å². The minimum absolute atomic E-state index is 0.0158. The van der Waals surface area contributed by atoms with Crippen molar-refractivity contribution in [3.05, 3.63) is 0 Å². The lowest BCUT2D eigenvalue weighted by atomic mass is 9.43. The number of nitrogens with zero attached hydrogens (tertiary/aromatic N) is 1. The van der Waals surface area contributed by atoms with Crippen molar-refractivity contribution in [2.45, 2.75) is 68.7 Å². The number of piperidine rings is 1. The molecule has 6 fully saturated rings. The molecule has 7 heteroatoms. The summed E-state index contributed by atoms with van der Waals surface area (Å²) < 4.78 is 11.5. The average molecular weight is 424 g/mol. The van der Waals surface area contributed by atoms with Crippen molar-refractivity contribution in [2.75, 3.05) is 33.9 Å². The third kappa shape index (κ3) is 1.91. The topological polar surface area (TPSA) is 103 Å². The second-order valence-corrected chi connectivity index (χ2v) is 11.3. The van der Waals surface area contributed by atoms with Gasteiger partial charge in [-0.15, -0.1) is 0 Å². The van der Waals surface area contributed by atoms with Gasteiger partial charge in [-0.3, -0.25) is 4.90 Å². The fourth-order valence-corrected chi connectivity index (χ4v) is 10.4. The fourth-order valence-electron chi connectivity index (χ4n) is 10.4. The van der Waals surface area contributed by atoms with E-state index in [1.165, 1.54) is 0 Å². The maximum atomic E-state index is 12.3. The molecule has 30 heavy (non-hydrogen) atoms. The van der Waals surface area contributed by atoms with Gasteiger partial charge in [-0.1, -0.05) is 6.92 Å². The molecule has 1 heterocycles. The number of ether oxygens (including phenoxy) is 2. The molecular weight excluding hydrogens is 386 g/mol. The molecule has 0 aromatic rings. The van der Waals surface area contributed by atoms with Crippen molar-refractivity contribution >= 4 is 0 Å². The molecule has 5 aliphatic carbocycles. The fraction of sp³-hybridized carbons (Fsp3) is 1.00. The number of aliphatic hydroxyl groups is 4. The minimum Gasteiger partial charge on any atom is -0.392 e. The van der Waals surface area contributed by atoms with Crippen molar-refractivity contribution in [1.29, 1.82) is 0 Å². The maximum absolute atomic E-state index is 12.3. The smallest absolute Gasteiger partial charge is 0.0796 e. The summed E-state index contributed by atoms with van der Waals surface area (Å²) in [5.41, 5.74) is -1.92. The molecule has 1 spiro atoms. The van der Waals surface area contributed by atoms with Crippen LogP contribution in [0.15, 0.2) is 0 Å². The summed E-state index contributed by atoms with van der Waals surface area (Å²) in [5.74, 6) is -0.843. The Bertz CT molecular complexity index is 736. The highest BCUT2D eigenvalue weighted by atomic mass is 16.5. The van der Waals surface area contributed by atoms with E-state index in [0.29, 0.717) is 19.4 Å². The maximum Gasteiger partial charge on any atom is 0.0796 e. The second-order valence-electron chi connectivity index (χ2n) is 11.3. The van der Waals surface area contributed by atoms with Crippen molar-refractivity contribution < 1.29 is 29.9 Å². The number of hydrogen-bond donors (Lipinski definition) is 4. The van der Waals surface area contributed by atoms with Gasteiger partial charge in [0.25, 0.3) is 0 Å². The summed E-state index contributed by atoms with van der Waals surface area (Å²) in [6.07, 6.45) is 0.615. The van der Waals surface area contributed by atoms with Crippen LogP contribution in [-0.4, -0.2) is 95.3 Å². The van der Waals surface area contributed by atoms with Crippen LogP contribution in [-0.2, 0) is 9.47 Å². The van der Waals surface area contributed by atoms with Crippen molar-refractivity contribution in [3.63, 3.8) is 0 Å². The first-order valence-electron chi connectivity index (χ1n) is 11.8. The molecule has 13 atom stereocenters. The molecule has 4 N–H and O–H groups in total. The molecule has 1 saturated heterocycles. The van der Waals surface area contributed by atoms with E-state index >= 15 is 0 Å². The first-order chi connectivity index (χ1) is 14.3. The van der Waals surface area contributed by atoms with Crippen LogP contribution in [0, 0.1) is 40.4 Å². The van der Waals surface area contributed by atoms with Crippen molar-refractivity contribution in [1.82, 2.24) is 4.90 Å². The second kappa shape index (κ2) is 6.19. The summed E-state index contributed by atoms with van der Waals surface area (Å²) in [6.45, 7) is 4.34. The average Bonchev–Trinajstić information content (AvgIpc) is 3.11. The number of likely N-dealkylation sites (tertiary alicyclic amines) is 1. The summed E-state index contributed by atoms with van der Waals surface area (Å²) in [5, 5.41) is 47.2. The summed E-state index contributed by atoms with van der Waals surface area (Å²) in [7, 11) is 3.38. The van der Waals surface area contributed by atoms with E-state index in [1.807, 2.05) is 0 Å². The molecule has 1 aliphatic heterocycles. The van der Waals surface area contributed by atoms with Crippen LogP contribution in [0.5, 0.6) is 0 Å². The van der Waals surface area contributed by atoms with Crippen molar-refractivity contribution in [2.24, 2.45) is 40.4 Å². The highest BCUT2D eigenvalue weighted by molar-refractivity contribution is 5.35. The standard InChI is InChI=1S/C23H37NO6/c1-4-24-9-21(10-29-2)6-5-14(25)23-12-7-11-13(30-3)8-22(28,15(12)17(11)26)16(20(23)24)18(27)19(21)23/h11-20,25-28H,4-10H2,1-3H3/t11-,12-,13+,14-,15-,16+,17-,18-,19-,20-,21+,22-,23+/m1/s1. The van der Waals surface area contributed by atoms with E-state index in [-0.39, 0.29) is 47.2 Å². The zero-order valence-corrected chi connectivity index (χ0v) is 18.3. The van der Waals surface area contributed by atoms with E-state index in [2.05, 4.69) is 11.8 Å². The Labute approximate surface area is 178 Å². The van der Waals surface area contributed by atoms with E-state index in [0.717, 1.165) is 25.9 Å². The monoisotopic (exact) mass is 423 g/mol. The Morgan fingerprint density at radius 2 is 1.87 bits per heavy atom. The zero-order chi connectivity index (χ0) is 21.2. The Balaban J connectivity index is 1.61. The predicted molar refractivity (Wildman–Crippen MR) is 107 cm³/mol. The highest BCUT2D eigenvalue weighted by Gasteiger charge is 2.85. The molecule has 7 nitrogen and oxygen atoms in total. The van der Waals surface area contributed by atoms with Gasteiger partial charge in [0.2, 0.25) is 0 Å². The van der Waals surface area contributed by atoms with Crippen LogP contribution in [0.1, 0.15) is 32.6 Å². The first-order valence-corrected chi connectivity index (χ1v) is 11.8. The van der Waals surface area contributed by atoms with E-state index in [9.17, 15) is 20.4 Å². The van der Waals surface area contributed by atoms with Crippen LogP contribution >= 0.6 is 0 Å². The summed E-state index contributed by atoms with van der Waals surface area (Å²) >= 11 is 0. The van der Waals surface area contributed by atoms with Crippen LogP contribution in [0.3, 0.4) is 0 Å². The number of rotatable bonds is 4. The quantitative estimate of drug-likeness (QED) is 0.499. The molecule has 0 unspecified atom stereocenters. The SMILES string of the molecule is CCN1C[C@]2(COC)CC[C@@H](O)[C@@]34[C@@H]5C[C@H]6[C@@H](O)[C@@H]5[C@](O)(C[C@@H]6OC)[C@@H]([C@@H](O)[C@H]23)[C@@H]14. The van der Waals surface area contributed by atoms with Gasteiger partial charge < -0.3 is 29.9 Å². The third-order valence-electron chi connectivity index (χ3n) is 10.9. The molecule has 6 rings (SSSR count). The third-order valence-corrected chi connectivity index (χ3v) is 10.9. The van der Waals surface area contributed by atoms with Crippen LogP contribution in [0.4, 0.5) is 0 Å². The van der Waals surface area contributed by atoms with Gasteiger partial charge in [0.15, 0.2) is 0 Å². The summed E-state index contributed by atoms with van der Waals surface area (Å²) in [4.78, 5) is 2.42. The Kier molecular flexibility index (Phi) is 4.19. The lowest BCUT2D eigenvalue weighted by Crippen LogP contribution is -2.76. The zero-order valence-electron chi connectivity index (χ0n) is 18.3. The van der Waals surface area contributed by atoms with Gasteiger partial charge in [0.1, 0.15) is 0 Å². The lowest BCUT2D eigenvalue weighted by Gasteiger charge is -2.68. The van der Waals surface area contributed by atoms with Crippen molar-refractivity contribution in [3.8, 4) is 0 Å². The number of fused-ring (bicyclic) bond motifs is 2. The molecule has 0 aromatic heterocycles. The largest absolute Gasteiger partial charge is 0.392 e.